The van der Waals surface area contributed by atoms with Crippen molar-refractivity contribution in [2.75, 3.05) is 5.73 Å². The van der Waals surface area contributed by atoms with Crippen LogP contribution in [0.15, 0.2) is 24.3 Å². The first-order chi connectivity index (χ1) is 8.49. The highest BCUT2D eigenvalue weighted by Gasteiger charge is 2.20. The standard InChI is InChI=1S/C12H12FN3O2/c1-16-11(14)10(12(17)18)9(15-16)6-7-2-4-8(13)5-3-7/h2-5H,6,14H2,1H3,(H,17,18). The summed E-state index contributed by atoms with van der Waals surface area (Å²) in [6, 6.07) is 5.82. The number of aromatic nitrogens is 2. The molecule has 2 aromatic rings. The molecule has 94 valence electrons. The molecule has 0 aliphatic heterocycles. The first-order valence-electron chi connectivity index (χ1n) is 5.28. The van der Waals surface area contributed by atoms with Crippen molar-refractivity contribution in [3.05, 3.63) is 46.9 Å². The molecule has 1 heterocycles. The fraction of sp³-hybridized carbons (Fsp3) is 0.167. The van der Waals surface area contributed by atoms with E-state index in [0.717, 1.165) is 5.56 Å². The summed E-state index contributed by atoms with van der Waals surface area (Å²) in [5, 5.41) is 13.2. The number of rotatable bonds is 3. The zero-order valence-corrected chi connectivity index (χ0v) is 9.72. The van der Waals surface area contributed by atoms with Crippen LogP contribution in [-0.2, 0) is 13.5 Å². The van der Waals surface area contributed by atoms with Crippen LogP contribution in [0.5, 0.6) is 0 Å². The van der Waals surface area contributed by atoms with Gasteiger partial charge in [-0.05, 0) is 17.7 Å². The van der Waals surface area contributed by atoms with E-state index in [4.69, 9.17) is 10.8 Å². The normalized spacial score (nSPS) is 10.6. The molecule has 18 heavy (non-hydrogen) atoms. The van der Waals surface area contributed by atoms with E-state index in [2.05, 4.69) is 5.10 Å². The van der Waals surface area contributed by atoms with Crippen LogP contribution in [0.25, 0.3) is 0 Å². The number of nitrogens with two attached hydrogens (primary N) is 1. The smallest absolute Gasteiger partial charge is 0.341 e. The van der Waals surface area contributed by atoms with Gasteiger partial charge in [0, 0.05) is 13.5 Å². The summed E-state index contributed by atoms with van der Waals surface area (Å²) >= 11 is 0. The maximum atomic E-state index is 12.8. The van der Waals surface area contributed by atoms with Crippen LogP contribution in [0.2, 0.25) is 0 Å². The number of hydrogen-bond acceptors (Lipinski definition) is 3. The zero-order chi connectivity index (χ0) is 13.3. The Labute approximate surface area is 103 Å². The lowest BCUT2D eigenvalue weighted by Gasteiger charge is -2.00. The Hall–Kier alpha value is -2.37. The van der Waals surface area contributed by atoms with Crippen molar-refractivity contribution in [1.82, 2.24) is 9.78 Å². The number of aryl methyl sites for hydroxylation is 1. The molecule has 0 amide bonds. The van der Waals surface area contributed by atoms with Gasteiger partial charge < -0.3 is 10.8 Å². The molecule has 0 saturated heterocycles. The summed E-state index contributed by atoms with van der Waals surface area (Å²) in [7, 11) is 1.58. The van der Waals surface area contributed by atoms with Gasteiger partial charge in [-0.2, -0.15) is 5.10 Å². The number of carboxylic acid groups (broad SMARTS) is 1. The monoisotopic (exact) mass is 249 g/mol. The molecule has 5 nitrogen and oxygen atoms in total. The van der Waals surface area contributed by atoms with E-state index in [1.165, 1.54) is 16.8 Å². The Morgan fingerprint density at radius 2 is 2.06 bits per heavy atom. The van der Waals surface area contributed by atoms with Crippen molar-refractivity contribution in [2.24, 2.45) is 7.05 Å². The first-order valence-corrected chi connectivity index (χ1v) is 5.28. The molecule has 1 aromatic heterocycles. The van der Waals surface area contributed by atoms with Crippen LogP contribution in [0.4, 0.5) is 10.2 Å². The largest absolute Gasteiger partial charge is 0.477 e. The second-order valence-corrected chi connectivity index (χ2v) is 3.94. The van der Waals surface area contributed by atoms with Gasteiger partial charge in [0.2, 0.25) is 0 Å². The lowest BCUT2D eigenvalue weighted by Crippen LogP contribution is -2.05. The summed E-state index contributed by atoms with van der Waals surface area (Å²) in [6.45, 7) is 0. The molecule has 0 aliphatic carbocycles. The van der Waals surface area contributed by atoms with Gasteiger partial charge in [0.1, 0.15) is 17.2 Å². The Kier molecular flexibility index (Phi) is 3.01. The van der Waals surface area contributed by atoms with Crippen LogP contribution < -0.4 is 5.73 Å². The summed E-state index contributed by atoms with van der Waals surface area (Å²) in [5.74, 6) is -1.34. The van der Waals surface area contributed by atoms with Crippen LogP contribution in [0.1, 0.15) is 21.6 Å². The number of aromatic carboxylic acids is 1. The van der Waals surface area contributed by atoms with Crippen LogP contribution in [-0.4, -0.2) is 20.9 Å². The van der Waals surface area contributed by atoms with Crippen LogP contribution >= 0.6 is 0 Å². The molecule has 0 saturated carbocycles. The number of carboxylic acids is 1. The predicted molar refractivity (Wildman–Crippen MR) is 63.8 cm³/mol. The van der Waals surface area contributed by atoms with Crippen molar-refractivity contribution in [2.45, 2.75) is 6.42 Å². The third-order valence-electron chi connectivity index (χ3n) is 2.66. The minimum atomic E-state index is -1.11. The summed E-state index contributed by atoms with van der Waals surface area (Å²) < 4.78 is 14.1. The molecule has 0 unspecified atom stereocenters. The minimum absolute atomic E-state index is 0.00169. The number of hydrogen-bond donors (Lipinski definition) is 2. The predicted octanol–water partition coefficient (Wildman–Crippen LogP) is 1.43. The molecule has 0 bridgehead atoms. The molecule has 0 radical (unpaired) electrons. The Morgan fingerprint density at radius 3 is 2.61 bits per heavy atom. The van der Waals surface area contributed by atoms with Crippen molar-refractivity contribution in [3.63, 3.8) is 0 Å². The molecule has 0 aliphatic rings. The molecule has 0 spiro atoms. The molecule has 6 heteroatoms. The van der Waals surface area contributed by atoms with Crippen LogP contribution in [0, 0.1) is 5.82 Å². The lowest BCUT2D eigenvalue weighted by atomic mass is 10.1. The molecule has 2 rings (SSSR count). The molecular formula is C12H12FN3O2. The van der Waals surface area contributed by atoms with Gasteiger partial charge in [-0.3, -0.25) is 4.68 Å². The SMILES string of the molecule is Cn1nc(Cc2ccc(F)cc2)c(C(=O)O)c1N. The Balaban J connectivity index is 2.37. The highest BCUT2D eigenvalue weighted by molar-refractivity contribution is 5.94. The molecule has 3 N–H and O–H groups in total. The van der Waals surface area contributed by atoms with Gasteiger partial charge >= 0.3 is 5.97 Å². The third-order valence-corrected chi connectivity index (χ3v) is 2.66. The Morgan fingerprint density at radius 1 is 1.44 bits per heavy atom. The highest BCUT2D eigenvalue weighted by Crippen LogP contribution is 2.19. The number of anilines is 1. The van der Waals surface area contributed by atoms with E-state index < -0.39 is 5.97 Å². The van der Waals surface area contributed by atoms with Gasteiger partial charge in [0.25, 0.3) is 0 Å². The average Bonchev–Trinajstić information content (AvgIpc) is 2.58. The lowest BCUT2D eigenvalue weighted by molar-refractivity contribution is 0.0697. The summed E-state index contributed by atoms with van der Waals surface area (Å²) in [5.41, 5.74) is 6.79. The number of halogens is 1. The number of nitrogen functional groups attached to an aromatic ring is 1. The van der Waals surface area contributed by atoms with E-state index in [-0.39, 0.29) is 17.2 Å². The zero-order valence-electron chi connectivity index (χ0n) is 9.72. The highest BCUT2D eigenvalue weighted by atomic mass is 19.1. The fourth-order valence-corrected chi connectivity index (χ4v) is 1.75. The van der Waals surface area contributed by atoms with Gasteiger partial charge in [-0.1, -0.05) is 12.1 Å². The summed E-state index contributed by atoms with van der Waals surface area (Å²) in [6.07, 6.45) is 0.299. The molecule has 0 fully saturated rings. The van der Waals surface area contributed by atoms with E-state index in [1.807, 2.05) is 0 Å². The molecular weight excluding hydrogens is 237 g/mol. The maximum Gasteiger partial charge on any atom is 0.341 e. The van der Waals surface area contributed by atoms with Crippen molar-refractivity contribution >= 4 is 11.8 Å². The number of nitrogens with zero attached hydrogens (tertiary/aromatic N) is 2. The van der Waals surface area contributed by atoms with Gasteiger partial charge in [0.05, 0.1) is 5.69 Å². The molecule has 1 aromatic carbocycles. The maximum absolute atomic E-state index is 12.8. The molecule has 0 atom stereocenters. The number of benzene rings is 1. The van der Waals surface area contributed by atoms with E-state index in [9.17, 15) is 9.18 Å². The van der Waals surface area contributed by atoms with E-state index >= 15 is 0 Å². The first kappa shape index (κ1) is 12.1. The second-order valence-electron chi connectivity index (χ2n) is 3.94. The topological polar surface area (TPSA) is 81.1 Å². The number of carbonyl (C=O) groups is 1. The van der Waals surface area contributed by atoms with Crippen molar-refractivity contribution < 1.29 is 14.3 Å². The van der Waals surface area contributed by atoms with Crippen LogP contribution in [0.3, 0.4) is 0 Å². The fourth-order valence-electron chi connectivity index (χ4n) is 1.75. The minimum Gasteiger partial charge on any atom is -0.477 e. The van der Waals surface area contributed by atoms with Crippen molar-refractivity contribution in [1.29, 1.82) is 0 Å². The summed E-state index contributed by atoms with van der Waals surface area (Å²) in [4.78, 5) is 11.1. The van der Waals surface area contributed by atoms with Crippen molar-refractivity contribution in [3.8, 4) is 0 Å². The van der Waals surface area contributed by atoms with Gasteiger partial charge in [0.15, 0.2) is 0 Å². The van der Waals surface area contributed by atoms with Gasteiger partial charge in [-0.15, -0.1) is 0 Å². The second kappa shape index (κ2) is 4.48. The average molecular weight is 249 g/mol. The quantitative estimate of drug-likeness (QED) is 0.862. The van der Waals surface area contributed by atoms with Gasteiger partial charge in [-0.25, -0.2) is 9.18 Å². The third kappa shape index (κ3) is 2.17. The van der Waals surface area contributed by atoms with E-state index in [0.29, 0.717) is 12.1 Å². The Bertz CT molecular complexity index is 590. The van der Waals surface area contributed by atoms with E-state index in [1.54, 1.807) is 19.2 Å².